The molecule has 0 aliphatic heterocycles. The summed E-state index contributed by atoms with van der Waals surface area (Å²) < 4.78 is 65.3. The van der Waals surface area contributed by atoms with Crippen LogP contribution in [0.25, 0.3) is 0 Å². The van der Waals surface area contributed by atoms with Gasteiger partial charge in [0, 0.05) is 6.07 Å². The average molecular weight is 238 g/mol. The van der Waals surface area contributed by atoms with Crippen LogP contribution in [0.15, 0.2) is 18.2 Å². The highest BCUT2D eigenvalue weighted by atomic mass is 19.3. The smallest absolute Gasteiger partial charge is 0.428 e. The fourth-order valence-electron chi connectivity index (χ4n) is 1.09. The van der Waals surface area contributed by atoms with E-state index in [1.54, 1.807) is 6.82 Å². The molecule has 16 heavy (non-hydrogen) atoms. The number of benzene rings is 1. The van der Waals surface area contributed by atoms with Gasteiger partial charge in [-0.15, -0.1) is 0 Å². The SMILES string of the molecule is CBc1cc(F)cc(OC(F)(F)C(F)F)c1. The van der Waals surface area contributed by atoms with Crippen LogP contribution in [0.2, 0.25) is 6.82 Å². The van der Waals surface area contributed by atoms with Crippen molar-refractivity contribution in [3.05, 3.63) is 24.0 Å². The van der Waals surface area contributed by atoms with Crippen LogP contribution in [0.4, 0.5) is 22.0 Å². The summed E-state index contributed by atoms with van der Waals surface area (Å²) in [7, 11) is 0.383. The Hall–Kier alpha value is -1.27. The summed E-state index contributed by atoms with van der Waals surface area (Å²) in [6.45, 7) is 1.67. The third kappa shape index (κ3) is 3.11. The maximum atomic E-state index is 12.9. The fraction of sp³-hybridized carbons (Fsp3) is 0.333. The lowest BCUT2D eigenvalue weighted by molar-refractivity contribution is -0.253. The summed E-state index contributed by atoms with van der Waals surface area (Å²) in [5, 5.41) is 0. The number of rotatable bonds is 4. The molecule has 0 aliphatic rings. The van der Waals surface area contributed by atoms with Crippen molar-refractivity contribution in [2.24, 2.45) is 0 Å². The largest absolute Gasteiger partial charge is 0.461 e. The summed E-state index contributed by atoms with van der Waals surface area (Å²) in [6.07, 6.45) is -8.57. The highest BCUT2D eigenvalue weighted by molar-refractivity contribution is 6.51. The van der Waals surface area contributed by atoms with Gasteiger partial charge in [0.25, 0.3) is 0 Å². The second kappa shape index (κ2) is 4.72. The average Bonchev–Trinajstić information content (AvgIpc) is 2.15. The minimum Gasteiger partial charge on any atom is -0.428 e. The highest BCUT2D eigenvalue weighted by Gasteiger charge is 2.44. The molecule has 1 aromatic rings. The predicted octanol–water partition coefficient (Wildman–Crippen LogP) is 2.17. The van der Waals surface area contributed by atoms with Gasteiger partial charge >= 0.3 is 12.5 Å². The standard InChI is InChI=1S/C9H8BF5O/c1-10-5-2-6(11)4-7(3-5)16-9(14,15)8(12)13/h2-4,8,10H,1H3. The lowest BCUT2D eigenvalue weighted by Crippen LogP contribution is -2.33. The van der Waals surface area contributed by atoms with E-state index in [1.807, 2.05) is 0 Å². The molecule has 0 radical (unpaired) electrons. The van der Waals surface area contributed by atoms with Crippen molar-refractivity contribution in [3.63, 3.8) is 0 Å². The molecule has 1 nitrogen and oxygen atoms in total. The van der Waals surface area contributed by atoms with Crippen molar-refractivity contribution in [2.75, 3.05) is 0 Å². The second-order valence-electron chi connectivity index (χ2n) is 3.11. The van der Waals surface area contributed by atoms with E-state index < -0.39 is 24.1 Å². The molecular formula is C9H8BF5O. The van der Waals surface area contributed by atoms with E-state index in [0.717, 1.165) is 12.1 Å². The van der Waals surface area contributed by atoms with Crippen molar-refractivity contribution in [3.8, 4) is 5.75 Å². The first-order valence-corrected chi connectivity index (χ1v) is 4.49. The Bertz CT molecular complexity index is 369. The first-order valence-electron chi connectivity index (χ1n) is 4.49. The molecule has 0 aromatic heterocycles. The molecule has 0 fully saturated rings. The molecule has 0 aliphatic carbocycles. The third-order valence-corrected chi connectivity index (χ3v) is 1.85. The van der Waals surface area contributed by atoms with Gasteiger partial charge in [-0.05, 0) is 12.1 Å². The Morgan fingerprint density at radius 2 is 1.88 bits per heavy atom. The van der Waals surface area contributed by atoms with Crippen LogP contribution in [-0.4, -0.2) is 19.8 Å². The van der Waals surface area contributed by atoms with E-state index in [2.05, 4.69) is 4.74 Å². The summed E-state index contributed by atoms with van der Waals surface area (Å²) in [4.78, 5) is 0. The van der Waals surface area contributed by atoms with E-state index in [9.17, 15) is 22.0 Å². The zero-order chi connectivity index (χ0) is 12.3. The summed E-state index contributed by atoms with van der Waals surface area (Å²) in [6, 6.07) is 2.85. The van der Waals surface area contributed by atoms with Crippen LogP contribution in [0.5, 0.6) is 5.75 Å². The normalized spacial score (nSPS) is 11.7. The molecular weight excluding hydrogens is 230 g/mol. The molecule has 1 aromatic carbocycles. The van der Waals surface area contributed by atoms with Gasteiger partial charge in [0.05, 0.1) is 0 Å². The molecule has 0 atom stereocenters. The topological polar surface area (TPSA) is 9.23 Å². The van der Waals surface area contributed by atoms with E-state index in [4.69, 9.17) is 0 Å². The molecule has 0 amide bonds. The van der Waals surface area contributed by atoms with Crippen molar-refractivity contribution >= 4 is 12.7 Å². The Balaban J connectivity index is 2.93. The summed E-state index contributed by atoms with van der Waals surface area (Å²) in [5.74, 6) is -1.42. The summed E-state index contributed by atoms with van der Waals surface area (Å²) >= 11 is 0. The lowest BCUT2D eigenvalue weighted by atomic mass is 9.73. The minimum absolute atomic E-state index is 0.383. The fourth-order valence-corrected chi connectivity index (χ4v) is 1.09. The first-order chi connectivity index (χ1) is 7.35. The Kier molecular flexibility index (Phi) is 3.77. The lowest BCUT2D eigenvalue weighted by Gasteiger charge is -2.17. The Morgan fingerprint density at radius 3 is 2.38 bits per heavy atom. The van der Waals surface area contributed by atoms with Gasteiger partial charge in [-0.25, -0.2) is 4.39 Å². The molecule has 7 heteroatoms. The van der Waals surface area contributed by atoms with E-state index in [-0.39, 0.29) is 0 Å². The zero-order valence-corrected chi connectivity index (χ0v) is 8.31. The molecule has 0 saturated carbocycles. The van der Waals surface area contributed by atoms with Gasteiger partial charge in [-0.2, -0.15) is 17.6 Å². The Morgan fingerprint density at radius 1 is 1.25 bits per heavy atom. The number of hydrogen-bond acceptors (Lipinski definition) is 1. The van der Waals surface area contributed by atoms with Crippen LogP contribution in [0.1, 0.15) is 0 Å². The number of ether oxygens (including phenoxy) is 1. The number of alkyl halides is 4. The van der Waals surface area contributed by atoms with Crippen LogP contribution in [-0.2, 0) is 0 Å². The van der Waals surface area contributed by atoms with Crippen LogP contribution >= 0.6 is 0 Å². The van der Waals surface area contributed by atoms with Crippen molar-refractivity contribution in [2.45, 2.75) is 19.4 Å². The molecule has 0 N–H and O–H groups in total. The molecule has 0 spiro atoms. The van der Waals surface area contributed by atoms with Crippen LogP contribution in [0, 0.1) is 5.82 Å². The highest BCUT2D eigenvalue weighted by Crippen LogP contribution is 2.27. The maximum absolute atomic E-state index is 12.9. The van der Waals surface area contributed by atoms with Gasteiger partial charge in [-0.3, -0.25) is 0 Å². The molecule has 1 rings (SSSR count). The van der Waals surface area contributed by atoms with E-state index in [0.29, 0.717) is 18.8 Å². The van der Waals surface area contributed by atoms with Crippen molar-refractivity contribution in [1.82, 2.24) is 0 Å². The predicted molar refractivity (Wildman–Crippen MR) is 50.6 cm³/mol. The minimum atomic E-state index is -4.61. The van der Waals surface area contributed by atoms with Crippen LogP contribution < -0.4 is 10.2 Å². The van der Waals surface area contributed by atoms with Gasteiger partial charge in [0.15, 0.2) is 7.28 Å². The molecule has 88 valence electrons. The van der Waals surface area contributed by atoms with Crippen molar-refractivity contribution in [1.29, 1.82) is 0 Å². The number of halogens is 5. The second-order valence-corrected chi connectivity index (χ2v) is 3.11. The number of hydrogen-bond donors (Lipinski definition) is 0. The monoisotopic (exact) mass is 238 g/mol. The summed E-state index contributed by atoms with van der Waals surface area (Å²) in [5.41, 5.74) is 0.389. The molecule has 0 saturated heterocycles. The quantitative estimate of drug-likeness (QED) is 0.576. The van der Waals surface area contributed by atoms with Crippen LogP contribution in [0.3, 0.4) is 0 Å². The third-order valence-electron chi connectivity index (χ3n) is 1.85. The van der Waals surface area contributed by atoms with Crippen molar-refractivity contribution < 1.29 is 26.7 Å². The zero-order valence-electron chi connectivity index (χ0n) is 8.31. The molecule has 0 bridgehead atoms. The van der Waals surface area contributed by atoms with Gasteiger partial charge in [-0.1, -0.05) is 12.3 Å². The van der Waals surface area contributed by atoms with Gasteiger partial charge < -0.3 is 4.74 Å². The van der Waals surface area contributed by atoms with E-state index in [1.165, 1.54) is 0 Å². The molecule has 0 heterocycles. The van der Waals surface area contributed by atoms with Gasteiger partial charge in [0.2, 0.25) is 0 Å². The van der Waals surface area contributed by atoms with Gasteiger partial charge in [0.1, 0.15) is 11.6 Å². The Labute approximate surface area is 89.5 Å². The first kappa shape index (κ1) is 12.8. The van der Waals surface area contributed by atoms with E-state index >= 15 is 0 Å². The molecule has 0 unspecified atom stereocenters. The maximum Gasteiger partial charge on any atom is 0.461 e.